The van der Waals surface area contributed by atoms with Gasteiger partial charge in [-0.05, 0) is 42.5 Å². The SMILES string of the molecule is COC(=O)N[C@@H](Cc1ccccc1)C(=O)N[C@@H](Cc1ccc(NS(=O)O)cc1)c1csc(C2CC2)n1. The molecule has 3 atom stereocenters. The number of anilines is 1. The quantitative estimate of drug-likeness (QED) is 0.279. The number of ether oxygens (including phenoxy) is 1. The van der Waals surface area contributed by atoms with Crippen molar-refractivity contribution in [2.45, 2.75) is 43.7 Å². The normalized spacial score (nSPS) is 15.4. The van der Waals surface area contributed by atoms with Crippen molar-refractivity contribution in [2.75, 3.05) is 11.8 Å². The number of rotatable bonds is 11. The summed E-state index contributed by atoms with van der Waals surface area (Å²) in [4.78, 5) is 30.2. The molecule has 0 saturated heterocycles. The van der Waals surface area contributed by atoms with E-state index in [1.165, 1.54) is 7.11 Å². The van der Waals surface area contributed by atoms with Crippen LogP contribution in [0.2, 0.25) is 0 Å². The number of hydrogen-bond acceptors (Lipinski definition) is 6. The van der Waals surface area contributed by atoms with Gasteiger partial charge in [-0.1, -0.05) is 42.5 Å². The van der Waals surface area contributed by atoms with Crippen molar-refractivity contribution in [2.24, 2.45) is 0 Å². The van der Waals surface area contributed by atoms with E-state index in [1.807, 2.05) is 47.8 Å². The molecule has 3 aromatic rings. The van der Waals surface area contributed by atoms with Crippen molar-refractivity contribution in [3.05, 3.63) is 81.8 Å². The van der Waals surface area contributed by atoms with Gasteiger partial charge in [0, 0.05) is 23.4 Å². The van der Waals surface area contributed by atoms with Gasteiger partial charge in [-0.3, -0.25) is 14.1 Å². The van der Waals surface area contributed by atoms with Crippen LogP contribution in [-0.4, -0.2) is 38.9 Å². The number of hydrogen-bond donors (Lipinski definition) is 4. The number of alkyl carbamates (subject to hydrolysis) is 1. The minimum atomic E-state index is -2.16. The molecular weight excluding hydrogens is 500 g/mol. The van der Waals surface area contributed by atoms with Gasteiger partial charge < -0.3 is 15.4 Å². The van der Waals surface area contributed by atoms with Gasteiger partial charge in [0.25, 0.3) is 11.3 Å². The molecule has 1 aliphatic rings. The van der Waals surface area contributed by atoms with Gasteiger partial charge in [0.15, 0.2) is 0 Å². The number of methoxy groups -OCH3 is 1. The molecule has 2 amide bonds. The summed E-state index contributed by atoms with van der Waals surface area (Å²) in [5.74, 6) is 0.154. The predicted molar refractivity (Wildman–Crippen MR) is 139 cm³/mol. The van der Waals surface area contributed by atoms with Gasteiger partial charge in [0.1, 0.15) is 6.04 Å². The van der Waals surface area contributed by atoms with Gasteiger partial charge >= 0.3 is 6.09 Å². The van der Waals surface area contributed by atoms with Crippen LogP contribution in [0.25, 0.3) is 0 Å². The highest BCUT2D eigenvalue weighted by Crippen LogP contribution is 2.42. The van der Waals surface area contributed by atoms with Crippen LogP contribution in [0.1, 0.15) is 46.6 Å². The fourth-order valence-electron chi connectivity index (χ4n) is 3.79. The number of carbonyl (C=O) groups excluding carboxylic acids is 2. The maximum absolute atomic E-state index is 13.4. The summed E-state index contributed by atoms with van der Waals surface area (Å²) in [6.07, 6.45) is 2.34. The van der Waals surface area contributed by atoms with Crippen LogP contribution >= 0.6 is 11.3 Å². The van der Waals surface area contributed by atoms with Crippen LogP contribution in [0.15, 0.2) is 60.0 Å². The Balaban J connectivity index is 1.54. The van der Waals surface area contributed by atoms with Crippen LogP contribution in [0.3, 0.4) is 0 Å². The smallest absolute Gasteiger partial charge is 0.407 e. The topological polar surface area (TPSA) is 130 Å². The Morgan fingerprint density at radius 2 is 1.78 bits per heavy atom. The highest BCUT2D eigenvalue weighted by atomic mass is 32.2. The molecule has 1 unspecified atom stereocenters. The van der Waals surface area contributed by atoms with Crippen molar-refractivity contribution < 1.29 is 23.1 Å². The molecule has 1 aromatic heterocycles. The van der Waals surface area contributed by atoms with E-state index in [-0.39, 0.29) is 5.91 Å². The van der Waals surface area contributed by atoms with Gasteiger partial charge in [-0.15, -0.1) is 11.3 Å². The molecule has 9 nitrogen and oxygen atoms in total. The summed E-state index contributed by atoms with van der Waals surface area (Å²) < 4.78 is 27.2. The van der Waals surface area contributed by atoms with E-state index in [0.29, 0.717) is 24.4 Å². The number of aromatic nitrogens is 1. The second-order valence-electron chi connectivity index (χ2n) is 8.58. The van der Waals surface area contributed by atoms with Crippen molar-refractivity contribution in [1.29, 1.82) is 0 Å². The molecule has 0 aliphatic heterocycles. The Morgan fingerprint density at radius 1 is 1.08 bits per heavy atom. The Labute approximate surface area is 216 Å². The molecule has 0 radical (unpaired) electrons. The molecule has 36 heavy (non-hydrogen) atoms. The third-order valence-corrected chi connectivity index (χ3v) is 7.25. The molecule has 190 valence electrons. The Bertz CT molecular complexity index is 1200. The first-order valence-corrected chi connectivity index (χ1v) is 13.5. The highest BCUT2D eigenvalue weighted by molar-refractivity contribution is 7.80. The van der Waals surface area contributed by atoms with Gasteiger partial charge in [0.05, 0.1) is 23.9 Å². The number of nitrogens with zero attached hydrogens (tertiary/aromatic N) is 1. The van der Waals surface area contributed by atoms with E-state index in [0.717, 1.165) is 34.7 Å². The lowest BCUT2D eigenvalue weighted by Crippen LogP contribution is -2.49. The molecule has 0 spiro atoms. The van der Waals surface area contributed by atoms with Gasteiger partial charge in [-0.25, -0.2) is 14.0 Å². The van der Waals surface area contributed by atoms with Crippen LogP contribution in [0.4, 0.5) is 10.5 Å². The predicted octanol–water partition coefficient (Wildman–Crippen LogP) is 3.94. The zero-order valence-electron chi connectivity index (χ0n) is 19.7. The Kier molecular flexibility index (Phi) is 8.68. The number of carbonyl (C=O) groups is 2. The summed E-state index contributed by atoms with van der Waals surface area (Å²) >= 11 is -0.559. The zero-order chi connectivity index (χ0) is 25.5. The molecule has 4 rings (SSSR count). The van der Waals surface area contributed by atoms with E-state index < -0.39 is 29.4 Å². The average Bonchev–Trinajstić information content (AvgIpc) is 3.61. The number of benzene rings is 2. The van der Waals surface area contributed by atoms with E-state index in [9.17, 15) is 13.8 Å². The molecular formula is C25H28N4O5S2. The molecule has 1 aliphatic carbocycles. The minimum absolute atomic E-state index is 0.303. The fraction of sp³-hybridized carbons (Fsp3) is 0.320. The van der Waals surface area contributed by atoms with E-state index in [1.54, 1.807) is 23.5 Å². The first kappa shape index (κ1) is 25.8. The van der Waals surface area contributed by atoms with Gasteiger partial charge in [0.2, 0.25) is 5.91 Å². The lowest BCUT2D eigenvalue weighted by Gasteiger charge is -2.23. The van der Waals surface area contributed by atoms with Gasteiger partial charge in [-0.2, -0.15) is 0 Å². The molecule has 11 heteroatoms. The maximum atomic E-state index is 13.4. The third kappa shape index (κ3) is 7.36. The lowest BCUT2D eigenvalue weighted by atomic mass is 10.0. The highest BCUT2D eigenvalue weighted by Gasteiger charge is 2.30. The van der Waals surface area contributed by atoms with Crippen LogP contribution in [0.5, 0.6) is 0 Å². The summed E-state index contributed by atoms with van der Waals surface area (Å²) in [6.45, 7) is 0. The number of amides is 2. The summed E-state index contributed by atoms with van der Waals surface area (Å²) in [5.41, 5.74) is 3.09. The molecule has 0 bridgehead atoms. The van der Waals surface area contributed by atoms with Crippen LogP contribution < -0.4 is 15.4 Å². The average molecular weight is 529 g/mol. The number of nitrogens with one attached hydrogen (secondary N) is 3. The first-order chi connectivity index (χ1) is 17.4. The van der Waals surface area contributed by atoms with Crippen molar-refractivity contribution >= 4 is 40.3 Å². The second kappa shape index (κ2) is 12.1. The van der Waals surface area contributed by atoms with Crippen molar-refractivity contribution in [3.8, 4) is 0 Å². The monoisotopic (exact) mass is 528 g/mol. The first-order valence-electron chi connectivity index (χ1n) is 11.5. The molecule has 1 saturated carbocycles. The minimum Gasteiger partial charge on any atom is -0.453 e. The Morgan fingerprint density at radius 3 is 2.42 bits per heavy atom. The second-order valence-corrected chi connectivity index (χ2v) is 10.2. The molecule has 1 heterocycles. The third-order valence-electron chi connectivity index (χ3n) is 5.82. The maximum Gasteiger partial charge on any atom is 0.407 e. The standard InChI is InChI=1S/C25H28N4O5S2/c1-34-25(31)28-21(14-16-5-3-2-4-6-16)23(30)26-20(22-15-35-24(27-22)18-9-10-18)13-17-7-11-19(12-8-17)29-36(32)33/h2-8,11-12,15,18,20-21,29H,9-10,13-14H2,1H3,(H,26,30)(H,28,31)(H,32,33)/t20-,21-/m0/s1. The van der Waals surface area contributed by atoms with Crippen LogP contribution in [0, 0.1) is 0 Å². The summed E-state index contributed by atoms with van der Waals surface area (Å²) in [6, 6.07) is 15.2. The fourth-order valence-corrected chi connectivity index (χ4v) is 5.17. The number of thiazole rings is 1. The van der Waals surface area contributed by atoms with E-state index in [4.69, 9.17) is 14.3 Å². The van der Waals surface area contributed by atoms with Crippen molar-refractivity contribution in [1.82, 2.24) is 15.6 Å². The molecule has 2 aromatic carbocycles. The Hall–Kier alpha value is -3.28. The molecule has 4 N–H and O–H groups in total. The largest absolute Gasteiger partial charge is 0.453 e. The lowest BCUT2D eigenvalue weighted by molar-refractivity contribution is -0.123. The van der Waals surface area contributed by atoms with Crippen molar-refractivity contribution in [3.63, 3.8) is 0 Å². The molecule has 1 fully saturated rings. The van der Waals surface area contributed by atoms with E-state index in [2.05, 4.69) is 15.4 Å². The van der Waals surface area contributed by atoms with E-state index >= 15 is 0 Å². The van der Waals surface area contributed by atoms with Crippen LogP contribution in [-0.2, 0) is 33.6 Å². The summed E-state index contributed by atoms with van der Waals surface area (Å²) in [7, 11) is 1.26. The zero-order valence-corrected chi connectivity index (χ0v) is 21.3. The summed E-state index contributed by atoms with van der Waals surface area (Å²) in [5, 5.41) is 8.77.